The molecule has 106 valence electrons. The molecule has 0 aromatic heterocycles. The van der Waals surface area contributed by atoms with Crippen LogP contribution in [0.2, 0.25) is 0 Å². The van der Waals surface area contributed by atoms with Crippen molar-refractivity contribution in [3.05, 3.63) is 27.7 Å². The second-order valence-corrected chi connectivity index (χ2v) is 7.68. The Balaban J connectivity index is 3.33. The topological polar surface area (TPSA) is 89.3 Å². The number of amides is 1. The Bertz CT molecular complexity index is 619. The molecule has 0 aliphatic heterocycles. The van der Waals surface area contributed by atoms with Crippen LogP contribution in [-0.2, 0) is 10.0 Å². The van der Waals surface area contributed by atoms with Gasteiger partial charge in [0.2, 0.25) is 10.0 Å². The Morgan fingerprint density at radius 3 is 2.26 bits per heavy atom. The van der Waals surface area contributed by atoms with Crippen LogP contribution in [0.1, 0.15) is 36.7 Å². The van der Waals surface area contributed by atoms with Gasteiger partial charge in [-0.1, -0.05) is 0 Å². The molecule has 0 saturated heterocycles. The number of hydrogen-bond acceptors (Lipinski definition) is 3. The minimum absolute atomic E-state index is 0.0911. The van der Waals surface area contributed by atoms with E-state index in [9.17, 15) is 13.2 Å². The van der Waals surface area contributed by atoms with Gasteiger partial charge in [-0.25, -0.2) is 13.6 Å². The number of nitrogens with one attached hydrogen (secondary N) is 1. The first-order chi connectivity index (χ1) is 8.42. The predicted molar refractivity (Wildman–Crippen MR) is 77.5 cm³/mol. The van der Waals surface area contributed by atoms with Gasteiger partial charge in [-0.15, -0.1) is 0 Å². The zero-order chi connectivity index (χ0) is 15.0. The fourth-order valence-corrected chi connectivity index (χ4v) is 3.10. The highest BCUT2D eigenvalue weighted by Crippen LogP contribution is 2.26. The van der Waals surface area contributed by atoms with Crippen molar-refractivity contribution < 1.29 is 13.2 Å². The van der Waals surface area contributed by atoms with Crippen LogP contribution >= 0.6 is 15.9 Å². The maximum absolute atomic E-state index is 12.0. The van der Waals surface area contributed by atoms with Crippen LogP contribution in [0.5, 0.6) is 0 Å². The van der Waals surface area contributed by atoms with Crippen molar-refractivity contribution in [3.8, 4) is 0 Å². The number of primary sulfonamides is 1. The van der Waals surface area contributed by atoms with Crippen LogP contribution in [0.3, 0.4) is 0 Å². The van der Waals surface area contributed by atoms with E-state index in [2.05, 4.69) is 21.2 Å². The third kappa shape index (κ3) is 4.29. The van der Waals surface area contributed by atoms with Crippen molar-refractivity contribution in [2.75, 3.05) is 0 Å². The molecule has 7 heteroatoms. The summed E-state index contributed by atoms with van der Waals surface area (Å²) in [7, 11) is -3.88. The lowest BCUT2D eigenvalue weighted by Crippen LogP contribution is -2.40. The molecule has 0 atom stereocenters. The average Bonchev–Trinajstić information content (AvgIpc) is 2.17. The van der Waals surface area contributed by atoms with Crippen molar-refractivity contribution in [1.82, 2.24) is 5.32 Å². The number of aryl methyl sites for hydroxylation is 1. The summed E-state index contributed by atoms with van der Waals surface area (Å²) in [6.45, 7) is 7.23. The number of rotatable bonds is 2. The SMILES string of the molecule is Cc1cc(C(=O)NC(C)(C)C)cc(S(N)(=O)=O)c1Br. The van der Waals surface area contributed by atoms with E-state index in [-0.39, 0.29) is 16.4 Å². The lowest BCUT2D eigenvalue weighted by atomic mass is 10.1. The second kappa shape index (κ2) is 5.22. The van der Waals surface area contributed by atoms with Gasteiger partial charge in [0, 0.05) is 15.6 Å². The van der Waals surface area contributed by atoms with E-state index < -0.39 is 15.6 Å². The number of carbonyl (C=O) groups is 1. The van der Waals surface area contributed by atoms with Crippen molar-refractivity contribution in [3.63, 3.8) is 0 Å². The molecule has 1 rings (SSSR count). The fraction of sp³-hybridized carbons (Fsp3) is 0.417. The van der Waals surface area contributed by atoms with Gasteiger partial charge in [0.05, 0.1) is 4.90 Å². The Labute approximate surface area is 121 Å². The first kappa shape index (κ1) is 16.1. The van der Waals surface area contributed by atoms with Crippen LogP contribution < -0.4 is 10.5 Å². The summed E-state index contributed by atoms with van der Waals surface area (Å²) in [5.74, 6) is -0.340. The summed E-state index contributed by atoms with van der Waals surface area (Å²) in [4.78, 5) is 11.9. The van der Waals surface area contributed by atoms with Crippen LogP contribution in [0.4, 0.5) is 0 Å². The molecule has 0 aliphatic rings. The second-order valence-electron chi connectivity index (χ2n) is 5.35. The van der Waals surface area contributed by atoms with Gasteiger partial charge in [-0.2, -0.15) is 0 Å². The molecular weight excluding hydrogens is 332 g/mol. The highest BCUT2D eigenvalue weighted by atomic mass is 79.9. The van der Waals surface area contributed by atoms with E-state index >= 15 is 0 Å². The minimum atomic E-state index is -3.88. The van der Waals surface area contributed by atoms with Crippen LogP contribution in [-0.4, -0.2) is 19.9 Å². The Morgan fingerprint density at radius 1 is 1.32 bits per heavy atom. The summed E-state index contributed by atoms with van der Waals surface area (Å²) in [5.41, 5.74) is 0.491. The average molecular weight is 349 g/mol. The Kier molecular flexibility index (Phi) is 4.44. The highest BCUT2D eigenvalue weighted by Gasteiger charge is 2.20. The van der Waals surface area contributed by atoms with E-state index in [0.717, 1.165) is 0 Å². The molecule has 5 nitrogen and oxygen atoms in total. The first-order valence-electron chi connectivity index (χ1n) is 5.57. The molecule has 19 heavy (non-hydrogen) atoms. The van der Waals surface area contributed by atoms with Crippen molar-refractivity contribution >= 4 is 31.9 Å². The van der Waals surface area contributed by atoms with Gasteiger partial charge in [0.25, 0.3) is 5.91 Å². The zero-order valence-electron chi connectivity index (χ0n) is 11.2. The van der Waals surface area contributed by atoms with Crippen molar-refractivity contribution in [1.29, 1.82) is 0 Å². The fourth-order valence-electron chi connectivity index (χ4n) is 1.49. The lowest BCUT2D eigenvalue weighted by Gasteiger charge is -2.21. The Hall–Kier alpha value is -0.920. The molecule has 1 aromatic rings. The van der Waals surface area contributed by atoms with Crippen LogP contribution in [0, 0.1) is 6.92 Å². The van der Waals surface area contributed by atoms with E-state index in [1.807, 2.05) is 20.8 Å². The number of halogens is 1. The van der Waals surface area contributed by atoms with Crippen molar-refractivity contribution in [2.45, 2.75) is 38.1 Å². The smallest absolute Gasteiger partial charge is 0.251 e. The van der Waals surface area contributed by atoms with Gasteiger partial charge < -0.3 is 5.32 Å². The maximum atomic E-state index is 12.0. The van der Waals surface area contributed by atoms with Crippen LogP contribution in [0.25, 0.3) is 0 Å². The van der Waals surface area contributed by atoms with Gasteiger partial charge in [0.15, 0.2) is 0 Å². The molecule has 0 aliphatic carbocycles. The normalized spacial score (nSPS) is 12.3. The van der Waals surface area contributed by atoms with Gasteiger partial charge in [-0.3, -0.25) is 4.79 Å². The molecule has 0 heterocycles. The summed E-state index contributed by atoms with van der Waals surface area (Å²) in [5, 5.41) is 7.90. The van der Waals surface area contributed by atoms with Gasteiger partial charge >= 0.3 is 0 Å². The highest BCUT2D eigenvalue weighted by molar-refractivity contribution is 9.10. The predicted octanol–water partition coefficient (Wildman–Crippen LogP) is 1.93. The number of nitrogens with two attached hydrogens (primary N) is 1. The molecule has 0 saturated carbocycles. The van der Waals surface area contributed by atoms with Gasteiger partial charge in [-0.05, 0) is 61.3 Å². The maximum Gasteiger partial charge on any atom is 0.251 e. The standard InChI is InChI=1S/C12H17BrN2O3S/c1-7-5-8(11(16)15-12(2,3)4)6-9(10(7)13)19(14,17)18/h5-6H,1-4H3,(H,15,16)(H2,14,17,18). The van der Waals surface area contributed by atoms with E-state index in [1.165, 1.54) is 6.07 Å². The quantitative estimate of drug-likeness (QED) is 0.855. The number of sulfonamides is 1. The molecule has 3 N–H and O–H groups in total. The monoisotopic (exact) mass is 348 g/mol. The third-order valence-corrected chi connectivity index (χ3v) is 4.53. The zero-order valence-corrected chi connectivity index (χ0v) is 13.6. The van der Waals surface area contributed by atoms with Crippen LogP contribution in [0.15, 0.2) is 21.5 Å². The van der Waals surface area contributed by atoms with E-state index in [1.54, 1.807) is 13.0 Å². The minimum Gasteiger partial charge on any atom is -0.347 e. The molecule has 1 amide bonds. The van der Waals surface area contributed by atoms with E-state index in [0.29, 0.717) is 10.0 Å². The summed E-state index contributed by atoms with van der Waals surface area (Å²) in [6, 6.07) is 2.88. The molecule has 1 aromatic carbocycles. The number of carbonyl (C=O) groups excluding carboxylic acids is 1. The largest absolute Gasteiger partial charge is 0.347 e. The summed E-state index contributed by atoms with van der Waals surface area (Å²) in [6.07, 6.45) is 0. The number of benzene rings is 1. The summed E-state index contributed by atoms with van der Waals surface area (Å²) < 4.78 is 23.3. The van der Waals surface area contributed by atoms with Crippen molar-refractivity contribution in [2.24, 2.45) is 5.14 Å². The Morgan fingerprint density at radius 2 is 1.84 bits per heavy atom. The molecule has 0 spiro atoms. The molecular formula is C12H17BrN2O3S. The third-order valence-electron chi connectivity index (χ3n) is 2.28. The first-order valence-corrected chi connectivity index (χ1v) is 7.91. The van der Waals surface area contributed by atoms with Gasteiger partial charge in [0.1, 0.15) is 0 Å². The molecule has 0 radical (unpaired) electrons. The molecule has 0 fully saturated rings. The summed E-state index contributed by atoms with van der Waals surface area (Å²) >= 11 is 3.17. The lowest BCUT2D eigenvalue weighted by molar-refractivity contribution is 0.0919. The molecule has 0 unspecified atom stereocenters. The molecule has 0 bridgehead atoms. The van der Waals surface area contributed by atoms with E-state index in [4.69, 9.17) is 5.14 Å². The number of hydrogen-bond donors (Lipinski definition) is 2.